The predicted octanol–water partition coefficient (Wildman–Crippen LogP) is 1.88. The van der Waals surface area contributed by atoms with E-state index in [1.807, 2.05) is 18.2 Å². The molecule has 9 heteroatoms. The van der Waals surface area contributed by atoms with Crippen molar-refractivity contribution in [1.82, 2.24) is 4.90 Å². The Hall–Kier alpha value is -2.29. The van der Waals surface area contributed by atoms with Gasteiger partial charge in [0.2, 0.25) is 0 Å². The molecule has 158 valence electrons. The third-order valence-electron chi connectivity index (χ3n) is 5.23. The Balaban J connectivity index is 2.06. The van der Waals surface area contributed by atoms with Gasteiger partial charge in [0.05, 0.1) is 42.8 Å². The quantitative estimate of drug-likeness (QED) is 0.665. The number of esters is 2. The maximum Gasteiger partial charge on any atom is 0.355 e. The van der Waals surface area contributed by atoms with Crippen LogP contribution in [0, 0.1) is 0 Å². The average molecular weight is 424 g/mol. The van der Waals surface area contributed by atoms with Crippen molar-refractivity contribution in [3.05, 3.63) is 34.5 Å². The molecule has 1 aromatic carbocycles. The maximum atomic E-state index is 12.6. The van der Waals surface area contributed by atoms with Crippen molar-refractivity contribution < 1.29 is 23.8 Å². The molecule has 0 spiro atoms. The van der Waals surface area contributed by atoms with Gasteiger partial charge in [0.25, 0.3) is 0 Å². The molecule has 0 amide bonds. The van der Waals surface area contributed by atoms with Gasteiger partial charge in [-0.05, 0) is 18.7 Å². The molecule has 29 heavy (non-hydrogen) atoms. The van der Waals surface area contributed by atoms with Crippen LogP contribution in [0.4, 0.5) is 11.4 Å². The molecule has 0 bridgehead atoms. The molecule has 0 unspecified atom stereocenters. The van der Waals surface area contributed by atoms with Crippen LogP contribution in [0.2, 0.25) is 5.02 Å². The van der Waals surface area contributed by atoms with Crippen LogP contribution in [0.25, 0.3) is 0 Å². The van der Waals surface area contributed by atoms with Crippen molar-refractivity contribution in [2.24, 2.45) is 0 Å². The first-order valence-electron chi connectivity index (χ1n) is 9.52. The maximum absolute atomic E-state index is 12.6. The largest absolute Gasteiger partial charge is 0.466 e. The number of piperazine rings is 1. The van der Waals surface area contributed by atoms with E-state index in [0.29, 0.717) is 10.7 Å². The second-order valence-corrected chi connectivity index (χ2v) is 7.15. The van der Waals surface area contributed by atoms with E-state index in [1.165, 1.54) is 14.2 Å². The molecular formula is C20H26ClN3O5. The summed E-state index contributed by atoms with van der Waals surface area (Å²) in [6.07, 6.45) is 0. The highest BCUT2D eigenvalue weighted by molar-refractivity contribution is 6.34. The summed E-state index contributed by atoms with van der Waals surface area (Å²) in [7, 11) is 2.54. The van der Waals surface area contributed by atoms with Gasteiger partial charge in [0.15, 0.2) is 0 Å². The lowest BCUT2D eigenvalue weighted by atomic mass is 10.1. The Morgan fingerprint density at radius 1 is 1.10 bits per heavy atom. The van der Waals surface area contributed by atoms with Gasteiger partial charge in [-0.1, -0.05) is 24.6 Å². The first-order chi connectivity index (χ1) is 14.0. The van der Waals surface area contributed by atoms with Crippen LogP contribution in [-0.2, 0) is 23.8 Å². The number of rotatable bonds is 5. The van der Waals surface area contributed by atoms with Crippen LogP contribution in [0.5, 0.6) is 0 Å². The fourth-order valence-corrected chi connectivity index (χ4v) is 3.95. The lowest BCUT2D eigenvalue weighted by Gasteiger charge is -2.39. The molecular weight excluding hydrogens is 398 g/mol. The van der Waals surface area contributed by atoms with Crippen molar-refractivity contribution in [2.45, 2.75) is 6.92 Å². The number of hydrogen-bond acceptors (Lipinski definition) is 8. The lowest BCUT2D eigenvalue weighted by Crippen LogP contribution is -2.47. The summed E-state index contributed by atoms with van der Waals surface area (Å²) in [6.45, 7) is 6.66. The number of nitrogens with zero attached hydrogens (tertiary/aromatic N) is 3. The van der Waals surface area contributed by atoms with E-state index in [4.69, 9.17) is 25.8 Å². The van der Waals surface area contributed by atoms with E-state index in [2.05, 4.69) is 16.7 Å². The van der Waals surface area contributed by atoms with Crippen LogP contribution < -0.4 is 9.80 Å². The molecule has 1 fully saturated rings. The molecule has 0 atom stereocenters. The highest BCUT2D eigenvalue weighted by Gasteiger charge is 2.34. The van der Waals surface area contributed by atoms with Crippen LogP contribution in [0.1, 0.15) is 6.92 Å². The monoisotopic (exact) mass is 423 g/mol. The van der Waals surface area contributed by atoms with Crippen LogP contribution >= 0.6 is 11.6 Å². The van der Waals surface area contributed by atoms with Gasteiger partial charge in [-0.2, -0.15) is 0 Å². The molecule has 1 aromatic rings. The minimum Gasteiger partial charge on any atom is -0.466 e. The second kappa shape index (κ2) is 9.47. The molecule has 1 saturated heterocycles. The van der Waals surface area contributed by atoms with Crippen LogP contribution in [0.15, 0.2) is 29.5 Å². The van der Waals surface area contributed by atoms with Crippen molar-refractivity contribution in [3.63, 3.8) is 0 Å². The van der Waals surface area contributed by atoms with Crippen LogP contribution in [-0.4, -0.2) is 77.1 Å². The Bertz CT molecular complexity index is 805. The number of likely N-dealkylation sites (N-methyl/N-ethyl adjacent to an activating group) is 1. The van der Waals surface area contributed by atoms with Crippen molar-refractivity contribution in [3.8, 4) is 0 Å². The third-order valence-corrected chi connectivity index (χ3v) is 5.53. The average Bonchev–Trinajstić information content (AvgIpc) is 2.77. The van der Waals surface area contributed by atoms with E-state index in [1.54, 1.807) is 4.90 Å². The lowest BCUT2D eigenvalue weighted by molar-refractivity contribution is -0.140. The Labute approximate surface area is 175 Å². The van der Waals surface area contributed by atoms with Gasteiger partial charge in [0.1, 0.15) is 12.4 Å². The topological polar surface area (TPSA) is 71.5 Å². The van der Waals surface area contributed by atoms with E-state index < -0.39 is 11.9 Å². The fourth-order valence-electron chi connectivity index (χ4n) is 3.66. The van der Waals surface area contributed by atoms with E-state index in [-0.39, 0.29) is 24.6 Å². The zero-order valence-corrected chi connectivity index (χ0v) is 17.7. The summed E-state index contributed by atoms with van der Waals surface area (Å²) < 4.78 is 15.4. The number of anilines is 2. The van der Waals surface area contributed by atoms with E-state index in [0.717, 1.165) is 38.4 Å². The summed E-state index contributed by atoms with van der Waals surface area (Å²) in [5, 5.41) is 0.571. The molecule has 0 saturated carbocycles. The van der Waals surface area contributed by atoms with Gasteiger partial charge >= 0.3 is 11.9 Å². The smallest absolute Gasteiger partial charge is 0.355 e. The Morgan fingerprint density at radius 3 is 2.41 bits per heavy atom. The van der Waals surface area contributed by atoms with E-state index in [9.17, 15) is 9.59 Å². The molecule has 0 aromatic heterocycles. The number of benzene rings is 1. The molecule has 2 aliphatic heterocycles. The number of carbonyl (C=O) groups is 2. The molecule has 3 rings (SSSR count). The van der Waals surface area contributed by atoms with Crippen molar-refractivity contribution in [1.29, 1.82) is 0 Å². The van der Waals surface area contributed by atoms with Gasteiger partial charge in [-0.3, -0.25) is 0 Å². The van der Waals surface area contributed by atoms with Crippen LogP contribution in [0.3, 0.4) is 0 Å². The number of carbonyl (C=O) groups excluding carboxylic acids is 2. The number of para-hydroxylation sites is 1. The van der Waals surface area contributed by atoms with Gasteiger partial charge < -0.3 is 28.9 Å². The molecule has 8 nitrogen and oxygen atoms in total. The summed E-state index contributed by atoms with van der Waals surface area (Å²) in [6, 6.07) is 5.49. The molecule has 0 radical (unpaired) electrons. The normalized spacial score (nSPS) is 18.1. The molecule has 2 aliphatic rings. The minimum atomic E-state index is -0.629. The summed E-state index contributed by atoms with van der Waals surface area (Å²) in [4.78, 5) is 31.1. The van der Waals surface area contributed by atoms with Gasteiger partial charge in [-0.15, -0.1) is 0 Å². The number of ether oxygens (including phenoxy) is 3. The van der Waals surface area contributed by atoms with Crippen molar-refractivity contribution >= 4 is 34.9 Å². The highest BCUT2D eigenvalue weighted by atomic mass is 35.5. The molecule has 0 aliphatic carbocycles. The summed E-state index contributed by atoms with van der Waals surface area (Å²) >= 11 is 6.59. The summed E-state index contributed by atoms with van der Waals surface area (Å²) in [5.74, 6) is -1.26. The Morgan fingerprint density at radius 2 is 1.79 bits per heavy atom. The molecule has 0 N–H and O–H groups in total. The fraction of sp³-hybridized carbons (Fsp3) is 0.500. The van der Waals surface area contributed by atoms with Gasteiger partial charge in [0, 0.05) is 26.2 Å². The third kappa shape index (κ3) is 4.34. The Kier molecular flexibility index (Phi) is 7.00. The first kappa shape index (κ1) is 21.4. The zero-order valence-electron chi connectivity index (χ0n) is 16.9. The van der Waals surface area contributed by atoms with Crippen molar-refractivity contribution in [2.75, 3.05) is 70.1 Å². The number of halogens is 1. The number of methoxy groups -OCH3 is 2. The molecule has 2 heterocycles. The standard InChI is InChI=1S/C20H26ClN3O5/c1-4-22-8-10-23(11-9-22)18-15(21)6-5-7-16(18)24-13-29-12-14(19(25)27-2)17(24)20(26)28-3/h5-7H,4,8-13H2,1-3H3. The second-order valence-electron chi connectivity index (χ2n) is 6.74. The zero-order chi connectivity index (χ0) is 21.0. The SMILES string of the molecule is CCN1CCN(c2c(Cl)cccc2N2COCC(C(=O)OC)=C2C(=O)OC)CC1. The first-order valence-corrected chi connectivity index (χ1v) is 9.90. The predicted molar refractivity (Wildman–Crippen MR) is 110 cm³/mol. The van der Waals surface area contributed by atoms with Gasteiger partial charge in [-0.25, -0.2) is 9.59 Å². The van der Waals surface area contributed by atoms with E-state index >= 15 is 0 Å². The summed E-state index contributed by atoms with van der Waals surface area (Å²) in [5.41, 5.74) is 1.72. The number of hydrogen-bond donors (Lipinski definition) is 0. The highest BCUT2D eigenvalue weighted by Crippen LogP contribution is 2.40. The minimum absolute atomic E-state index is 0.0291.